The van der Waals surface area contributed by atoms with Crippen molar-refractivity contribution >= 4 is 23.0 Å². The summed E-state index contributed by atoms with van der Waals surface area (Å²) in [5.41, 5.74) is 4.46. The Labute approximate surface area is 165 Å². The van der Waals surface area contributed by atoms with E-state index in [1.807, 2.05) is 62.6 Å². The van der Waals surface area contributed by atoms with Crippen LogP contribution in [-0.2, 0) is 0 Å². The number of nitrogens with one attached hydrogen (secondary N) is 1. The summed E-state index contributed by atoms with van der Waals surface area (Å²) in [6.07, 6.45) is -0.299. The number of hydrogen-bond acceptors (Lipinski definition) is 4. The summed E-state index contributed by atoms with van der Waals surface area (Å²) in [5, 5.41) is 3.53. The molecule has 5 heteroatoms. The van der Waals surface area contributed by atoms with Gasteiger partial charge < -0.3 is 15.0 Å². The maximum Gasteiger partial charge on any atom is 0.262 e. The molecule has 0 saturated heterocycles. The zero-order valence-electron chi connectivity index (χ0n) is 16.2. The third-order valence-corrected chi connectivity index (χ3v) is 5.00. The largest absolute Gasteiger partial charge is 0.497 e. The Morgan fingerprint density at radius 2 is 1.61 bits per heavy atom. The number of carbonyl (C=O) groups excluding carboxylic acids is 1. The molecule has 0 spiro atoms. The van der Waals surface area contributed by atoms with E-state index in [0.717, 1.165) is 28.4 Å². The zero-order valence-corrected chi connectivity index (χ0v) is 16.2. The third-order valence-electron chi connectivity index (χ3n) is 5.00. The van der Waals surface area contributed by atoms with Crippen LogP contribution in [0, 0.1) is 0 Å². The Balaban J connectivity index is 1.79. The van der Waals surface area contributed by atoms with Crippen LogP contribution in [0.1, 0.15) is 22.1 Å². The van der Waals surface area contributed by atoms with Gasteiger partial charge in [-0.15, -0.1) is 0 Å². The number of para-hydroxylation sites is 1. The van der Waals surface area contributed by atoms with Gasteiger partial charge in [0.2, 0.25) is 0 Å². The van der Waals surface area contributed by atoms with E-state index in [-0.39, 0.29) is 12.1 Å². The first-order valence-corrected chi connectivity index (χ1v) is 9.19. The number of carbonyl (C=O) groups is 1. The maximum atomic E-state index is 13.4. The van der Waals surface area contributed by atoms with Gasteiger partial charge in [0, 0.05) is 31.2 Å². The van der Waals surface area contributed by atoms with Crippen molar-refractivity contribution in [2.45, 2.75) is 6.17 Å². The normalized spacial score (nSPS) is 15.6. The van der Waals surface area contributed by atoms with Crippen LogP contribution in [0.15, 0.2) is 72.8 Å². The Kier molecular flexibility index (Phi) is 4.65. The Hall–Kier alpha value is -3.47. The van der Waals surface area contributed by atoms with Crippen LogP contribution in [0.3, 0.4) is 0 Å². The summed E-state index contributed by atoms with van der Waals surface area (Å²) in [6, 6.07) is 23.4. The van der Waals surface area contributed by atoms with Gasteiger partial charge in [0.25, 0.3) is 5.91 Å². The Morgan fingerprint density at radius 1 is 0.929 bits per heavy atom. The highest BCUT2D eigenvalue weighted by Gasteiger charge is 2.33. The maximum absolute atomic E-state index is 13.4. The van der Waals surface area contributed by atoms with Crippen molar-refractivity contribution in [2.75, 3.05) is 36.3 Å². The minimum absolute atomic E-state index is 0.0267. The molecule has 142 valence electrons. The van der Waals surface area contributed by atoms with Gasteiger partial charge in [-0.05, 0) is 54.1 Å². The van der Waals surface area contributed by atoms with Crippen LogP contribution in [-0.4, -0.2) is 27.1 Å². The second-order valence-corrected chi connectivity index (χ2v) is 6.95. The molecule has 0 aliphatic carbocycles. The van der Waals surface area contributed by atoms with Crippen molar-refractivity contribution in [1.82, 2.24) is 0 Å². The lowest BCUT2D eigenvalue weighted by Crippen LogP contribution is -2.43. The number of benzene rings is 3. The summed E-state index contributed by atoms with van der Waals surface area (Å²) < 4.78 is 5.26. The smallest absolute Gasteiger partial charge is 0.262 e. The van der Waals surface area contributed by atoms with Crippen molar-refractivity contribution in [3.63, 3.8) is 0 Å². The molecule has 0 radical (unpaired) electrons. The van der Waals surface area contributed by atoms with E-state index in [1.165, 1.54) is 0 Å². The van der Waals surface area contributed by atoms with E-state index in [9.17, 15) is 4.79 Å². The van der Waals surface area contributed by atoms with Gasteiger partial charge in [0.05, 0.1) is 12.7 Å². The lowest BCUT2D eigenvalue weighted by Gasteiger charge is -2.38. The molecule has 0 fully saturated rings. The van der Waals surface area contributed by atoms with Crippen LogP contribution in [0.2, 0.25) is 0 Å². The highest BCUT2D eigenvalue weighted by molar-refractivity contribution is 6.12. The SMILES string of the molecule is COc1ccc(N2C(=O)c3ccccc3NC2c2ccc(N(C)C)cc2)cc1. The molecule has 1 unspecified atom stereocenters. The molecule has 28 heavy (non-hydrogen) atoms. The van der Waals surface area contributed by atoms with Crippen molar-refractivity contribution in [1.29, 1.82) is 0 Å². The van der Waals surface area contributed by atoms with Crippen molar-refractivity contribution in [2.24, 2.45) is 0 Å². The van der Waals surface area contributed by atoms with Crippen molar-refractivity contribution in [3.8, 4) is 5.75 Å². The summed E-state index contributed by atoms with van der Waals surface area (Å²) in [6.45, 7) is 0. The van der Waals surface area contributed by atoms with Gasteiger partial charge in [-0.3, -0.25) is 9.69 Å². The highest BCUT2D eigenvalue weighted by Crippen LogP contribution is 2.37. The molecule has 5 nitrogen and oxygen atoms in total. The first-order chi connectivity index (χ1) is 13.6. The minimum atomic E-state index is -0.299. The molecule has 1 N–H and O–H groups in total. The Bertz CT molecular complexity index is 981. The average molecular weight is 373 g/mol. The van der Waals surface area contributed by atoms with E-state index in [0.29, 0.717) is 5.56 Å². The number of amides is 1. The number of hydrogen-bond donors (Lipinski definition) is 1. The summed E-state index contributed by atoms with van der Waals surface area (Å²) in [5.74, 6) is 0.731. The quantitative estimate of drug-likeness (QED) is 0.730. The number of rotatable bonds is 4. The first kappa shape index (κ1) is 17.9. The van der Waals surface area contributed by atoms with Crippen LogP contribution < -0.4 is 19.9 Å². The Morgan fingerprint density at radius 3 is 2.25 bits per heavy atom. The van der Waals surface area contributed by atoms with Gasteiger partial charge in [-0.25, -0.2) is 0 Å². The monoisotopic (exact) mass is 373 g/mol. The lowest BCUT2D eigenvalue weighted by molar-refractivity contribution is 0.0975. The predicted octanol–water partition coefficient (Wildman–Crippen LogP) is 4.53. The minimum Gasteiger partial charge on any atom is -0.497 e. The topological polar surface area (TPSA) is 44.8 Å². The standard InChI is InChI=1S/C23H23N3O2/c1-25(2)17-10-8-16(9-11-17)22-24-21-7-5-4-6-20(21)23(27)26(22)18-12-14-19(28-3)15-13-18/h4-15,22,24H,1-3H3. The number of ether oxygens (including phenoxy) is 1. The predicted molar refractivity (Wildman–Crippen MR) is 113 cm³/mol. The molecular weight excluding hydrogens is 350 g/mol. The molecule has 1 aliphatic rings. The van der Waals surface area contributed by atoms with Gasteiger partial charge in [-0.1, -0.05) is 24.3 Å². The molecule has 0 saturated carbocycles. The van der Waals surface area contributed by atoms with Crippen LogP contribution in [0.5, 0.6) is 5.75 Å². The van der Waals surface area contributed by atoms with Crippen molar-refractivity contribution < 1.29 is 9.53 Å². The summed E-state index contributed by atoms with van der Waals surface area (Å²) in [4.78, 5) is 17.2. The van der Waals surface area contributed by atoms with E-state index in [2.05, 4.69) is 34.5 Å². The van der Waals surface area contributed by atoms with E-state index < -0.39 is 0 Å². The molecule has 1 amide bonds. The summed E-state index contributed by atoms with van der Waals surface area (Å²) in [7, 11) is 5.66. The number of methoxy groups -OCH3 is 1. The fourth-order valence-electron chi connectivity index (χ4n) is 3.45. The second-order valence-electron chi connectivity index (χ2n) is 6.95. The highest BCUT2D eigenvalue weighted by atomic mass is 16.5. The molecule has 4 rings (SSSR count). The van der Waals surface area contributed by atoms with Crippen LogP contribution in [0.25, 0.3) is 0 Å². The van der Waals surface area contributed by atoms with Gasteiger partial charge in [0.15, 0.2) is 0 Å². The number of fused-ring (bicyclic) bond motifs is 1. The molecule has 3 aromatic carbocycles. The van der Waals surface area contributed by atoms with Gasteiger partial charge >= 0.3 is 0 Å². The summed E-state index contributed by atoms with van der Waals surface area (Å²) >= 11 is 0. The van der Waals surface area contributed by atoms with E-state index in [4.69, 9.17) is 4.74 Å². The molecule has 1 atom stereocenters. The first-order valence-electron chi connectivity index (χ1n) is 9.19. The second kappa shape index (κ2) is 7.27. The van der Waals surface area contributed by atoms with Gasteiger partial charge in [0.1, 0.15) is 11.9 Å². The lowest BCUT2D eigenvalue weighted by atomic mass is 10.0. The fourth-order valence-corrected chi connectivity index (χ4v) is 3.45. The average Bonchev–Trinajstić information content (AvgIpc) is 2.74. The van der Waals surface area contributed by atoms with Crippen LogP contribution >= 0.6 is 0 Å². The molecule has 1 aliphatic heterocycles. The molecule has 0 aromatic heterocycles. The molecule has 0 bridgehead atoms. The molecule has 3 aromatic rings. The van der Waals surface area contributed by atoms with E-state index >= 15 is 0 Å². The third kappa shape index (κ3) is 3.16. The zero-order chi connectivity index (χ0) is 19.7. The van der Waals surface area contributed by atoms with Gasteiger partial charge in [-0.2, -0.15) is 0 Å². The molecular formula is C23H23N3O2. The number of nitrogens with zero attached hydrogens (tertiary/aromatic N) is 2. The molecule has 1 heterocycles. The van der Waals surface area contributed by atoms with Crippen molar-refractivity contribution in [3.05, 3.63) is 83.9 Å². The number of anilines is 3. The van der Waals surface area contributed by atoms with Crippen LogP contribution in [0.4, 0.5) is 17.1 Å². The fraction of sp³-hybridized carbons (Fsp3) is 0.174. The van der Waals surface area contributed by atoms with E-state index in [1.54, 1.807) is 12.0 Å².